The number of piperidine rings is 1. The van der Waals surface area contributed by atoms with Crippen LogP contribution in [0.1, 0.15) is 44.5 Å². The number of benzene rings is 1. The predicted molar refractivity (Wildman–Crippen MR) is 100 cm³/mol. The number of hydrogen-bond acceptors (Lipinski definition) is 4. The summed E-state index contributed by atoms with van der Waals surface area (Å²) in [6.45, 7) is 5.78. The first-order valence-electron chi connectivity index (χ1n) is 8.97. The van der Waals surface area contributed by atoms with E-state index in [1.165, 1.54) is 4.70 Å². The van der Waals surface area contributed by atoms with Crippen molar-refractivity contribution in [2.75, 3.05) is 13.1 Å². The van der Waals surface area contributed by atoms with E-state index in [9.17, 15) is 4.79 Å². The van der Waals surface area contributed by atoms with Crippen LogP contribution >= 0.6 is 11.3 Å². The summed E-state index contributed by atoms with van der Waals surface area (Å²) in [6, 6.07) is 8.31. The van der Waals surface area contributed by atoms with Crippen molar-refractivity contribution in [2.45, 2.75) is 52.0 Å². The van der Waals surface area contributed by atoms with E-state index in [1.54, 1.807) is 11.3 Å². The molecule has 2 aromatic rings. The van der Waals surface area contributed by atoms with E-state index in [-0.39, 0.29) is 17.4 Å². The van der Waals surface area contributed by atoms with Gasteiger partial charge in [0.15, 0.2) is 0 Å². The molecule has 0 saturated carbocycles. The van der Waals surface area contributed by atoms with Crippen molar-refractivity contribution in [3.05, 3.63) is 29.3 Å². The molecule has 24 heavy (non-hydrogen) atoms. The number of likely N-dealkylation sites (tertiary alicyclic amines) is 1. The monoisotopic (exact) mass is 345 g/mol. The van der Waals surface area contributed by atoms with Gasteiger partial charge in [-0.3, -0.25) is 4.79 Å². The molecule has 3 rings (SSSR count). The first-order valence-corrected chi connectivity index (χ1v) is 9.79. The Morgan fingerprint density at radius 2 is 2.12 bits per heavy atom. The SMILES string of the molecule is CCC(CC)(Cc1nc2ccccc2s1)C(=O)N1CCCC(N)C1. The quantitative estimate of drug-likeness (QED) is 0.901. The third-order valence-corrected chi connectivity index (χ3v) is 6.42. The van der Waals surface area contributed by atoms with Gasteiger partial charge >= 0.3 is 0 Å². The number of thiazole rings is 1. The maximum atomic E-state index is 13.3. The summed E-state index contributed by atoms with van der Waals surface area (Å²) in [6.07, 6.45) is 4.43. The van der Waals surface area contributed by atoms with Crippen molar-refractivity contribution < 1.29 is 4.79 Å². The largest absolute Gasteiger partial charge is 0.341 e. The first kappa shape index (κ1) is 17.4. The molecule has 0 spiro atoms. The maximum Gasteiger partial charge on any atom is 0.229 e. The second kappa shape index (κ2) is 7.19. The van der Waals surface area contributed by atoms with E-state index in [0.717, 1.165) is 49.2 Å². The van der Waals surface area contributed by atoms with Gasteiger partial charge in [0.05, 0.1) is 20.6 Å². The summed E-state index contributed by atoms with van der Waals surface area (Å²) in [5.74, 6) is 0.266. The molecule has 0 radical (unpaired) electrons. The van der Waals surface area contributed by atoms with Gasteiger partial charge in [-0.2, -0.15) is 0 Å². The van der Waals surface area contributed by atoms with E-state index < -0.39 is 0 Å². The van der Waals surface area contributed by atoms with Crippen LogP contribution in [0.15, 0.2) is 24.3 Å². The number of amides is 1. The molecule has 1 unspecified atom stereocenters. The average Bonchev–Trinajstić information content (AvgIpc) is 3.01. The van der Waals surface area contributed by atoms with E-state index in [2.05, 4.69) is 19.9 Å². The van der Waals surface area contributed by atoms with Gasteiger partial charge in [0.2, 0.25) is 5.91 Å². The fraction of sp³-hybridized carbons (Fsp3) is 0.579. The molecule has 1 aromatic carbocycles. The molecule has 2 heterocycles. The van der Waals surface area contributed by atoms with Crippen LogP contribution in [0.3, 0.4) is 0 Å². The molecule has 1 fully saturated rings. The van der Waals surface area contributed by atoms with Gasteiger partial charge in [0.1, 0.15) is 0 Å². The Bertz CT molecular complexity index is 674. The zero-order chi connectivity index (χ0) is 17.2. The summed E-state index contributed by atoms with van der Waals surface area (Å²) in [5, 5.41) is 1.06. The minimum Gasteiger partial charge on any atom is -0.341 e. The number of carbonyl (C=O) groups excluding carboxylic acids is 1. The summed E-state index contributed by atoms with van der Waals surface area (Å²) in [4.78, 5) is 20.0. The highest BCUT2D eigenvalue weighted by molar-refractivity contribution is 7.18. The average molecular weight is 346 g/mol. The Balaban J connectivity index is 1.85. The second-order valence-electron chi connectivity index (χ2n) is 6.89. The van der Waals surface area contributed by atoms with Crippen molar-refractivity contribution in [3.8, 4) is 0 Å². The fourth-order valence-electron chi connectivity index (χ4n) is 3.69. The second-order valence-corrected chi connectivity index (χ2v) is 8.01. The van der Waals surface area contributed by atoms with Crippen LogP contribution in [0.25, 0.3) is 10.2 Å². The number of nitrogens with zero attached hydrogens (tertiary/aromatic N) is 2. The summed E-state index contributed by atoms with van der Waals surface area (Å²) in [7, 11) is 0. The normalized spacial score (nSPS) is 19.0. The minimum absolute atomic E-state index is 0.122. The zero-order valence-electron chi connectivity index (χ0n) is 14.6. The number of aromatic nitrogens is 1. The van der Waals surface area contributed by atoms with Crippen LogP contribution in [0.5, 0.6) is 0 Å². The van der Waals surface area contributed by atoms with E-state index in [4.69, 9.17) is 10.7 Å². The standard InChI is InChI=1S/C19H27N3OS/c1-3-19(4-2,18(23)22-11-7-8-14(20)13-22)12-17-21-15-9-5-6-10-16(15)24-17/h5-6,9-10,14H,3-4,7-8,11-13,20H2,1-2H3. The Labute approximate surface area is 148 Å². The number of carbonyl (C=O) groups is 1. The van der Waals surface area contributed by atoms with Crippen molar-refractivity contribution in [2.24, 2.45) is 11.1 Å². The van der Waals surface area contributed by atoms with Crippen LogP contribution in [0, 0.1) is 5.41 Å². The molecular weight excluding hydrogens is 318 g/mol. The van der Waals surface area contributed by atoms with E-state index >= 15 is 0 Å². The Morgan fingerprint density at radius 1 is 1.38 bits per heavy atom. The molecule has 1 amide bonds. The molecule has 1 saturated heterocycles. The molecule has 1 aliphatic rings. The summed E-state index contributed by atoms with van der Waals surface area (Å²) < 4.78 is 1.20. The number of nitrogens with two attached hydrogens (primary N) is 1. The number of fused-ring (bicyclic) bond motifs is 1. The predicted octanol–water partition coefficient (Wildman–Crippen LogP) is 3.59. The van der Waals surface area contributed by atoms with Gasteiger partial charge in [-0.05, 0) is 37.8 Å². The lowest BCUT2D eigenvalue weighted by Crippen LogP contribution is -2.51. The first-order chi connectivity index (χ1) is 11.6. The molecule has 0 bridgehead atoms. The smallest absolute Gasteiger partial charge is 0.229 e. The van der Waals surface area contributed by atoms with Crippen molar-refractivity contribution in [3.63, 3.8) is 0 Å². The van der Waals surface area contributed by atoms with Crippen LogP contribution in [-0.2, 0) is 11.2 Å². The molecule has 1 aromatic heterocycles. The molecule has 1 atom stereocenters. The van der Waals surface area contributed by atoms with Crippen LogP contribution < -0.4 is 5.73 Å². The lowest BCUT2D eigenvalue weighted by atomic mass is 9.77. The summed E-state index contributed by atoms with van der Waals surface area (Å²) in [5.41, 5.74) is 6.77. The highest BCUT2D eigenvalue weighted by Gasteiger charge is 2.40. The Morgan fingerprint density at radius 3 is 2.79 bits per heavy atom. The number of hydrogen-bond donors (Lipinski definition) is 1. The van der Waals surface area contributed by atoms with Gasteiger partial charge in [0.25, 0.3) is 0 Å². The van der Waals surface area contributed by atoms with Crippen molar-refractivity contribution in [1.29, 1.82) is 0 Å². The highest BCUT2D eigenvalue weighted by atomic mass is 32.1. The number of rotatable bonds is 5. The Hall–Kier alpha value is -1.46. The zero-order valence-corrected chi connectivity index (χ0v) is 15.4. The summed E-state index contributed by atoms with van der Waals surface area (Å²) >= 11 is 1.71. The minimum atomic E-state index is -0.356. The molecule has 130 valence electrons. The molecule has 2 N–H and O–H groups in total. The number of para-hydroxylation sites is 1. The molecule has 1 aliphatic heterocycles. The lowest BCUT2D eigenvalue weighted by molar-refractivity contribution is -0.144. The van der Waals surface area contributed by atoms with E-state index in [1.807, 2.05) is 23.1 Å². The van der Waals surface area contributed by atoms with Crippen molar-refractivity contribution in [1.82, 2.24) is 9.88 Å². The molecule has 4 nitrogen and oxygen atoms in total. The lowest BCUT2D eigenvalue weighted by Gasteiger charge is -2.39. The third-order valence-electron chi connectivity index (χ3n) is 5.38. The maximum absolute atomic E-state index is 13.3. The third kappa shape index (κ3) is 3.33. The fourth-order valence-corrected chi connectivity index (χ4v) is 4.80. The molecule has 0 aliphatic carbocycles. The molecular formula is C19H27N3OS. The molecule has 5 heteroatoms. The van der Waals surface area contributed by atoms with Crippen molar-refractivity contribution >= 4 is 27.5 Å². The van der Waals surface area contributed by atoms with Crippen LogP contribution in [0.2, 0.25) is 0 Å². The Kier molecular flexibility index (Phi) is 5.21. The van der Waals surface area contributed by atoms with Gasteiger partial charge in [-0.15, -0.1) is 11.3 Å². The van der Waals surface area contributed by atoms with Crippen LogP contribution in [0.4, 0.5) is 0 Å². The topological polar surface area (TPSA) is 59.2 Å². The van der Waals surface area contributed by atoms with E-state index in [0.29, 0.717) is 6.54 Å². The van der Waals surface area contributed by atoms with Gasteiger partial charge in [-0.1, -0.05) is 26.0 Å². The van der Waals surface area contributed by atoms with Gasteiger partial charge < -0.3 is 10.6 Å². The highest BCUT2D eigenvalue weighted by Crippen LogP contribution is 2.36. The van der Waals surface area contributed by atoms with Gasteiger partial charge in [0, 0.05) is 25.6 Å². The van der Waals surface area contributed by atoms with Gasteiger partial charge in [-0.25, -0.2) is 4.98 Å². The van der Waals surface area contributed by atoms with Crippen LogP contribution in [-0.4, -0.2) is 34.9 Å².